The summed E-state index contributed by atoms with van der Waals surface area (Å²) < 4.78 is 7.71. The van der Waals surface area contributed by atoms with E-state index in [0.29, 0.717) is 36.6 Å². The topological polar surface area (TPSA) is 85.5 Å². The highest BCUT2D eigenvalue weighted by atomic mass is 16.5. The van der Waals surface area contributed by atoms with E-state index in [2.05, 4.69) is 20.3 Å². The zero-order valence-electron chi connectivity index (χ0n) is 14.9. The van der Waals surface area contributed by atoms with Crippen molar-refractivity contribution < 1.29 is 9.53 Å². The number of likely N-dealkylation sites (tertiary alicyclic amines) is 1. The van der Waals surface area contributed by atoms with Gasteiger partial charge in [-0.3, -0.25) is 9.78 Å². The standard InChI is InChI=1S/C19H20N6O2/c26-19(15-3-1-2-9-20-15)24-10-8-13(11-24)12-27-17-7-6-16-21-22-18(14-4-5-14)25(16)23-17/h1-3,6-7,9,13-14H,4-5,8,10-12H2. The minimum absolute atomic E-state index is 0.0174. The Kier molecular flexibility index (Phi) is 3.95. The molecule has 1 atom stereocenters. The molecule has 138 valence electrons. The van der Waals surface area contributed by atoms with Crippen LogP contribution in [0.5, 0.6) is 5.88 Å². The summed E-state index contributed by atoms with van der Waals surface area (Å²) in [5.74, 6) is 2.24. The van der Waals surface area contributed by atoms with Crippen LogP contribution in [0.1, 0.15) is 41.5 Å². The van der Waals surface area contributed by atoms with Crippen LogP contribution >= 0.6 is 0 Å². The number of hydrogen-bond acceptors (Lipinski definition) is 6. The van der Waals surface area contributed by atoms with E-state index in [-0.39, 0.29) is 5.91 Å². The molecule has 5 rings (SSSR count). The Morgan fingerprint density at radius 1 is 1.15 bits per heavy atom. The second kappa shape index (κ2) is 6.61. The van der Waals surface area contributed by atoms with Gasteiger partial charge in [0.25, 0.3) is 5.91 Å². The number of hydrogen-bond donors (Lipinski definition) is 0. The van der Waals surface area contributed by atoms with E-state index in [4.69, 9.17) is 4.74 Å². The highest BCUT2D eigenvalue weighted by Gasteiger charge is 2.30. The normalized spacial score (nSPS) is 19.6. The smallest absolute Gasteiger partial charge is 0.272 e. The molecule has 0 aromatic carbocycles. The fraction of sp³-hybridized carbons (Fsp3) is 0.421. The molecule has 1 saturated carbocycles. The number of carbonyl (C=O) groups excluding carboxylic acids is 1. The molecule has 3 aromatic heterocycles. The average molecular weight is 364 g/mol. The summed E-state index contributed by atoms with van der Waals surface area (Å²) in [6.45, 7) is 1.94. The van der Waals surface area contributed by atoms with Crippen LogP contribution in [0.25, 0.3) is 5.65 Å². The van der Waals surface area contributed by atoms with Crippen LogP contribution in [0.2, 0.25) is 0 Å². The molecule has 2 aliphatic rings. The van der Waals surface area contributed by atoms with Crippen LogP contribution < -0.4 is 4.74 Å². The Hall–Kier alpha value is -3.03. The first-order chi connectivity index (χ1) is 13.3. The largest absolute Gasteiger partial charge is 0.476 e. The van der Waals surface area contributed by atoms with Crippen molar-refractivity contribution in [3.8, 4) is 5.88 Å². The van der Waals surface area contributed by atoms with Gasteiger partial charge in [0.15, 0.2) is 11.5 Å². The summed E-state index contributed by atoms with van der Waals surface area (Å²) in [6, 6.07) is 9.10. The third-order valence-electron chi connectivity index (χ3n) is 5.13. The monoisotopic (exact) mass is 364 g/mol. The van der Waals surface area contributed by atoms with Crippen LogP contribution in [0, 0.1) is 5.92 Å². The molecule has 2 fully saturated rings. The summed E-state index contributed by atoms with van der Waals surface area (Å²) in [5.41, 5.74) is 1.24. The molecule has 0 spiro atoms. The van der Waals surface area contributed by atoms with Gasteiger partial charge in [0, 0.05) is 37.2 Å². The van der Waals surface area contributed by atoms with Crippen LogP contribution in [-0.4, -0.2) is 55.3 Å². The molecule has 8 heteroatoms. The van der Waals surface area contributed by atoms with Crippen molar-refractivity contribution in [3.63, 3.8) is 0 Å². The van der Waals surface area contributed by atoms with E-state index in [1.165, 1.54) is 0 Å². The molecule has 0 radical (unpaired) electrons. The zero-order valence-corrected chi connectivity index (χ0v) is 14.9. The van der Waals surface area contributed by atoms with Gasteiger partial charge in [-0.2, -0.15) is 4.52 Å². The van der Waals surface area contributed by atoms with Crippen molar-refractivity contribution in [2.75, 3.05) is 19.7 Å². The second-order valence-electron chi connectivity index (χ2n) is 7.21. The van der Waals surface area contributed by atoms with Crippen molar-refractivity contribution in [2.24, 2.45) is 5.92 Å². The minimum Gasteiger partial charge on any atom is -0.476 e. The number of carbonyl (C=O) groups is 1. The lowest BCUT2D eigenvalue weighted by atomic mass is 10.1. The van der Waals surface area contributed by atoms with E-state index >= 15 is 0 Å². The molecule has 1 amide bonds. The fourth-order valence-electron chi connectivity index (χ4n) is 3.47. The Labute approximate surface area is 156 Å². The van der Waals surface area contributed by atoms with Gasteiger partial charge in [0.2, 0.25) is 5.88 Å². The summed E-state index contributed by atoms with van der Waals surface area (Å²) in [4.78, 5) is 18.5. The van der Waals surface area contributed by atoms with E-state index < -0.39 is 0 Å². The third-order valence-corrected chi connectivity index (χ3v) is 5.13. The van der Waals surface area contributed by atoms with E-state index in [0.717, 1.165) is 37.3 Å². The Bertz CT molecular complexity index is 969. The number of pyridine rings is 1. The molecule has 27 heavy (non-hydrogen) atoms. The predicted molar refractivity (Wildman–Crippen MR) is 96.5 cm³/mol. The Morgan fingerprint density at radius 3 is 2.89 bits per heavy atom. The lowest BCUT2D eigenvalue weighted by Crippen LogP contribution is -2.30. The number of nitrogens with zero attached hydrogens (tertiary/aromatic N) is 6. The van der Waals surface area contributed by atoms with Gasteiger partial charge in [-0.15, -0.1) is 15.3 Å². The quantitative estimate of drug-likeness (QED) is 0.688. The van der Waals surface area contributed by atoms with Crippen molar-refractivity contribution in [1.29, 1.82) is 0 Å². The van der Waals surface area contributed by atoms with Gasteiger partial charge in [-0.05, 0) is 37.5 Å². The lowest BCUT2D eigenvalue weighted by Gasteiger charge is -2.16. The molecule has 4 heterocycles. The van der Waals surface area contributed by atoms with Gasteiger partial charge in [-0.25, -0.2) is 0 Å². The van der Waals surface area contributed by atoms with E-state index in [1.54, 1.807) is 16.8 Å². The SMILES string of the molecule is O=C(c1ccccn1)N1CCC(COc2ccc3nnc(C4CC4)n3n2)C1. The van der Waals surface area contributed by atoms with Crippen LogP contribution in [0.3, 0.4) is 0 Å². The molecule has 0 N–H and O–H groups in total. The zero-order chi connectivity index (χ0) is 18.2. The summed E-state index contributed by atoms with van der Waals surface area (Å²) >= 11 is 0. The van der Waals surface area contributed by atoms with Gasteiger partial charge < -0.3 is 9.64 Å². The summed E-state index contributed by atoms with van der Waals surface area (Å²) in [5, 5.41) is 12.9. The van der Waals surface area contributed by atoms with Gasteiger partial charge in [-0.1, -0.05) is 6.07 Å². The number of fused-ring (bicyclic) bond motifs is 1. The van der Waals surface area contributed by atoms with Crippen molar-refractivity contribution in [2.45, 2.75) is 25.2 Å². The van der Waals surface area contributed by atoms with Gasteiger partial charge in [0.1, 0.15) is 5.69 Å². The first kappa shape index (κ1) is 16.2. The maximum absolute atomic E-state index is 12.5. The van der Waals surface area contributed by atoms with Crippen LogP contribution in [-0.2, 0) is 0 Å². The van der Waals surface area contributed by atoms with Crippen molar-refractivity contribution >= 4 is 11.6 Å². The number of rotatable bonds is 5. The Morgan fingerprint density at radius 2 is 2.07 bits per heavy atom. The Balaban J connectivity index is 1.21. The van der Waals surface area contributed by atoms with E-state index in [9.17, 15) is 4.79 Å². The molecular weight excluding hydrogens is 344 g/mol. The first-order valence-electron chi connectivity index (χ1n) is 9.33. The fourth-order valence-corrected chi connectivity index (χ4v) is 3.47. The van der Waals surface area contributed by atoms with Gasteiger partial charge in [0.05, 0.1) is 6.61 Å². The molecule has 1 unspecified atom stereocenters. The number of aromatic nitrogens is 5. The first-order valence-corrected chi connectivity index (χ1v) is 9.33. The molecule has 3 aromatic rings. The van der Waals surface area contributed by atoms with Crippen molar-refractivity contribution in [3.05, 3.63) is 48.0 Å². The number of amides is 1. The highest BCUT2D eigenvalue weighted by Crippen LogP contribution is 2.38. The van der Waals surface area contributed by atoms with Crippen LogP contribution in [0.15, 0.2) is 36.5 Å². The second-order valence-corrected chi connectivity index (χ2v) is 7.21. The molecule has 1 aliphatic carbocycles. The summed E-state index contributed by atoms with van der Waals surface area (Å²) in [7, 11) is 0. The lowest BCUT2D eigenvalue weighted by molar-refractivity contribution is 0.0777. The third kappa shape index (κ3) is 3.22. The highest BCUT2D eigenvalue weighted by molar-refractivity contribution is 5.92. The number of ether oxygens (including phenoxy) is 1. The van der Waals surface area contributed by atoms with Gasteiger partial charge >= 0.3 is 0 Å². The average Bonchev–Trinajstić information content (AvgIpc) is 3.29. The molecule has 0 bridgehead atoms. The predicted octanol–water partition coefficient (Wildman–Crippen LogP) is 1.94. The maximum Gasteiger partial charge on any atom is 0.272 e. The molecular formula is C19H20N6O2. The maximum atomic E-state index is 12.5. The minimum atomic E-state index is -0.0174. The molecule has 8 nitrogen and oxygen atoms in total. The molecule has 1 aliphatic heterocycles. The van der Waals surface area contributed by atoms with Crippen molar-refractivity contribution in [1.82, 2.24) is 29.7 Å². The summed E-state index contributed by atoms with van der Waals surface area (Å²) in [6.07, 6.45) is 4.86. The van der Waals surface area contributed by atoms with E-state index in [1.807, 2.05) is 29.2 Å². The molecule has 1 saturated heterocycles. The van der Waals surface area contributed by atoms with Crippen LogP contribution in [0.4, 0.5) is 0 Å².